The summed E-state index contributed by atoms with van der Waals surface area (Å²) in [7, 11) is 0. The van der Waals surface area contributed by atoms with Crippen LogP contribution >= 0.6 is 0 Å². The fraction of sp³-hybridized carbons (Fsp3) is 1.00. The molecule has 1 aliphatic rings. The molecule has 0 amide bonds. The highest BCUT2D eigenvalue weighted by molar-refractivity contribution is 4.88. The van der Waals surface area contributed by atoms with Gasteiger partial charge >= 0.3 is 0 Å². The Labute approximate surface area is 81.8 Å². The fourth-order valence-corrected chi connectivity index (χ4v) is 1.69. The Bertz CT molecular complexity index is 136. The average molecular weight is 185 g/mol. The third kappa shape index (κ3) is 3.28. The average Bonchev–Trinajstić information content (AvgIpc) is 2.01. The molecule has 2 N–H and O–H groups in total. The van der Waals surface area contributed by atoms with Crippen LogP contribution in [0.15, 0.2) is 0 Å². The third-order valence-electron chi connectivity index (χ3n) is 3.10. The van der Waals surface area contributed by atoms with Crippen LogP contribution < -0.4 is 5.73 Å². The number of ether oxygens (including phenoxy) is 1. The molecule has 2 heteroatoms. The van der Waals surface area contributed by atoms with Gasteiger partial charge in [-0.3, -0.25) is 0 Å². The second-order valence-electron chi connectivity index (χ2n) is 4.79. The van der Waals surface area contributed by atoms with Crippen LogP contribution in [0.1, 0.15) is 39.5 Å². The molecule has 0 saturated heterocycles. The Morgan fingerprint density at radius 2 is 2.08 bits per heavy atom. The Morgan fingerprint density at radius 1 is 1.38 bits per heavy atom. The first kappa shape index (κ1) is 11.0. The minimum Gasteiger partial charge on any atom is -0.381 e. The van der Waals surface area contributed by atoms with Gasteiger partial charge in [-0.15, -0.1) is 0 Å². The van der Waals surface area contributed by atoms with Gasteiger partial charge in [-0.2, -0.15) is 0 Å². The van der Waals surface area contributed by atoms with Crippen molar-refractivity contribution in [2.75, 3.05) is 19.8 Å². The molecule has 1 rings (SSSR count). The molecule has 0 bridgehead atoms. The van der Waals surface area contributed by atoms with Crippen molar-refractivity contribution in [1.82, 2.24) is 0 Å². The van der Waals surface area contributed by atoms with Crippen molar-refractivity contribution in [2.24, 2.45) is 17.1 Å². The van der Waals surface area contributed by atoms with E-state index in [-0.39, 0.29) is 0 Å². The first-order chi connectivity index (χ1) is 6.18. The molecule has 0 unspecified atom stereocenters. The van der Waals surface area contributed by atoms with E-state index in [1.807, 2.05) is 0 Å². The van der Waals surface area contributed by atoms with Crippen molar-refractivity contribution in [3.8, 4) is 0 Å². The van der Waals surface area contributed by atoms with Crippen LogP contribution in [0.2, 0.25) is 0 Å². The smallest absolute Gasteiger partial charge is 0.0534 e. The summed E-state index contributed by atoms with van der Waals surface area (Å²) in [5, 5.41) is 0. The topological polar surface area (TPSA) is 35.2 Å². The van der Waals surface area contributed by atoms with Crippen LogP contribution in [0.25, 0.3) is 0 Å². The molecule has 0 heterocycles. The zero-order chi connectivity index (χ0) is 9.73. The van der Waals surface area contributed by atoms with Crippen molar-refractivity contribution in [3.05, 3.63) is 0 Å². The lowest BCUT2D eigenvalue weighted by atomic mass is 9.69. The molecular weight excluding hydrogens is 162 g/mol. The van der Waals surface area contributed by atoms with Crippen molar-refractivity contribution in [3.63, 3.8) is 0 Å². The van der Waals surface area contributed by atoms with Gasteiger partial charge in [0.1, 0.15) is 0 Å². The van der Waals surface area contributed by atoms with E-state index < -0.39 is 0 Å². The zero-order valence-electron chi connectivity index (χ0n) is 9.01. The van der Waals surface area contributed by atoms with E-state index >= 15 is 0 Å². The standard InChI is InChI=1S/C11H23NO/c1-10(2)4-7-13-9-11(8-12)5-3-6-11/h10H,3-9,12H2,1-2H3. The molecule has 78 valence electrons. The van der Waals surface area contributed by atoms with Crippen LogP contribution in [-0.4, -0.2) is 19.8 Å². The molecule has 0 aliphatic heterocycles. The van der Waals surface area contributed by atoms with Crippen LogP contribution in [0.5, 0.6) is 0 Å². The summed E-state index contributed by atoms with van der Waals surface area (Å²) in [6.45, 7) is 7.04. The van der Waals surface area contributed by atoms with Crippen molar-refractivity contribution >= 4 is 0 Å². The maximum Gasteiger partial charge on any atom is 0.0534 e. The van der Waals surface area contributed by atoms with E-state index in [4.69, 9.17) is 10.5 Å². The highest BCUT2D eigenvalue weighted by Crippen LogP contribution is 2.39. The molecule has 0 radical (unpaired) electrons. The van der Waals surface area contributed by atoms with Gasteiger partial charge in [0.15, 0.2) is 0 Å². The van der Waals surface area contributed by atoms with Gasteiger partial charge in [0.2, 0.25) is 0 Å². The summed E-state index contributed by atoms with van der Waals surface area (Å²) in [6.07, 6.45) is 5.04. The number of hydrogen-bond donors (Lipinski definition) is 1. The van der Waals surface area contributed by atoms with Gasteiger partial charge in [-0.25, -0.2) is 0 Å². The quantitative estimate of drug-likeness (QED) is 0.644. The lowest BCUT2D eigenvalue weighted by Gasteiger charge is -2.40. The van der Waals surface area contributed by atoms with E-state index in [2.05, 4.69) is 13.8 Å². The predicted molar refractivity (Wildman–Crippen MR) is 55.6 cm³/mol. The molecule has 0 aromatic carbocycles. The van der Waals surface area contributed by atoms with Gasteiger partial charge in [-0.05, 0) is 25.2 Å². The highest BCUT2D eigenvalue weighted by Gasteiger charge is 2.35. The number of hydrogen-bond acceptors (Lipinski definition) is 2. The van der Waals surface area contributed by atoms with E-state index in [0.29, 0.717) is 5.41 Å². The summed E-state index contributed by atoms with van der Waals surface area (Å²) in [5.74, 6) is 0.746. The molecule has 13 heavy (non-hydrogen) atoms. The highest BCUT2D eigenvalue weighted by atomic mass is 16.5. The summed E-state index contributed by atoms with van der Waals surface area (Å²) < 4.78 is 5.66. The maximum atomic E-state index is 5.73. The van der Waals surface area contributed by atoms with Gasteiger partial charge in [-0.1, -0.05) is 20.3 Å². The summed E-state index contributed by atoms with van der Waals surface area (Å²) >= 11 is 0. The normalized spacial score (nSPS) is 20.3. The van der Waals surface area contributed by atoms with E-state index in [1.54, 1.807) is 0 Å². The Hall–Kier alpha value is -0.0800. The number of nitrogens with two attached hydrogens (primary N) is 1. The number of rotatable bonds is 6. The van der Waals surface area contributed by atoms with Crippen molar-refractivity contribution < 1.29 is 4.74 Å². The van der Waals surface area contributed by atoms with Gasteiger partial charge in [0, 0.05) is 18.6 Å². The minimum absolute atomic E-state index is 0.358. The summed E-state index contributed by atoms with van der Waals surface area (Å²) in [4.78, 5) is 0. The van der Waals surface area contributed by atoms with Gasteiger partial charge in [0.05, 0.1) is 6.61 Å². The van der Waals surface area contributed by atoms with E-state index in [0.717, 1.165) is 25.7 Å². The predicted octanol–water partition coefficient (Wildman–Crippen LogP) is 2.18. The Kier molecular flexibility index (Phi) is 4.20. The van der Waals surface area contributed by atoms with E-state index in [1.165, 1.54) is 25.7 Å². The van der Waals surface area contributed by atoms with Gasteiger partial charge in [0.25, 0.3) is 0 Å². The summed E-state index contributed by atoms with van der Waals surface area (Å²) in [5.41, 5.74) is 6.09. The van der Waals surface area contributed by atoms with Crippen molar-refractivity contribution in [1.29, 1.82) is 0 Å². The molecule has 1 fully saturated rings. The zero-order valence-corrected chi connectivity index (χ0v) is 9.01. The minimum atomic E-state index is 0.358. The second kappa shape index (κ2) is 4.97. The Balaban J connectivity index is 2.04. The molecular formula is C11H23NO. The molecule has 0 aromatic rings. The summed E-state index contributed by atoms with van der Waals surface area (Å²) in [6, 6.07) is 0. The molecule has 0 spiro atoms. The van der Waals surface area contributed by atoms with Crippen LogP contribution in [0.4, 0.5) is 0 Å². The first-order valence-electron chi connectivity index (χ1n) is 5.46. The molecule has 2 nitrogen and oxygen atoms in total. The lowest BCUT2D eigenvalue weighted by molar-refractivity contribution is -0.00316. The first-order valence-corrected chi connectivity index (χ1v) is 5.46. The molecule has 1 aliphatic carbocycles. The van der Waals surface area contributed by atoms with E-state index in [9.17, 15) is 0 Å². The van der Waals surface area contributed by atoms with Crippen LogP contribution in [-0.2, 0) is 4.74 Å². The van der Waals surface area contributed by atoms with Crippen LogP contribution in [0, 0.1) is 11.3 Å². The largest absolute Gasteiger partial charge is 0.381 e. The Morgan fingerprint density at radius 3 is 2.46 bits per heavy atom. The SMILES string of the molecule is CC(C)CCOCC1(CN)CCC1. The molecule has 1 saturated carbocycles. The molecule has 0 atom stereocenters. The van der Waals surface area contributed by atoms with Gasteiger partial charge < -0.3 is 10.5 Å². The van der Waals surface area contributed by atoms with Crippen molar-refractivity contribution in [2.45, 2.75) is 39.5 Å². The maximum absolute atomic E-state index is 5.73. The monoisotopic (exact) mass is 185 g/mol. The second-order valence-corrected chi connectivity index (χ2v) is 4.79. The van der Waals surface area contributed by atoms with Crippen LogP contribution in [0.3, 0.4) is 0 Å². The molecule has 0 aromatic heterocycles. The fourth-order valence-electron chi connectivity index (χ4n) is 1.69. The lowest BCUT2D eigenvalue weighted by Crippen LogP contribution is -2.41. The third-order valence-corrected chi connectivity index (χ3v) is 3.10.